The monoisotopic (exact) mass is 476 g/mol. The predicted molar refractivity (Wildman–Crippen MR) is 124 cm³/mol. The molecule has 1 aliphatic rings. The minimum absolute atomic E-state index is 0.00822. The molecule has 0 N–H and O–H groups in total. The Labute approximate surface area is 196 Å². The summed E-state index contributed by atoms with van der Waals surface area (Å²) in [6.45, 7) is 0.558. The van der Waals surface area contributed by atoms with Crippen LogP contribution in [0.4, 0.5) is 17.1 Å². The molecule has 10 nitrogen and oxygen atoms in total. The molecular weight excluding hydrogens is 460 g/mol. The Kier molecular flexibility index (Phi) is 5.52. The number of aromatic nitrogens is 1. The summed E-state index contributed by atoms with van der Waals surface area (Å²) in [5.41, 5.74) is 2.58. The fourth-order valence-electron chi connectivity index (χ4n) is 3.59. The third-order valence-corrected chi connectivity index (χ3v) is 6.11. The van der Waals surface area contributed by atoms with Gasteiger partial charge in [-0.15, -0.1) is 11.3 Å². The van der Waals surface area contributed by atoms with Crippen LogP contribution in [0.3, 0.4) is 0 Å². The SMILES string of the molecule is O=[N+]([O-])c1ccc(-c2csc(=Nc3ccccc3[N+](=O)[O-])n2Cc2ccc3c(c2)OCO3)cc1. The van der Waals surface area contributed by atoms with Gasteiger partial charge in [-0.05, 0) is 41.5 Å². The Morgan fingerprint density at radius 1 is 0.941 bits per heavy atom. The fourth-order valence-corrected chi connectivity index (χ4v) is 4.52. The maximum absolute atomic E-state index is 11.5. The number of hydrogen-bond donors (Lipinski definition) is 0. The lowest BCUT2D eigenvalue weighted by Gasteiger charge is -2.10. The van der Waals surface area contributed by atoms with Crippen LogP contribution in [0.25, 0.3) is 11.3 Å². The zero-order valence-electron chi connectivity index (χ0n) is 17.5. The van der Waals surface area contributed by atoms with Crippen molar-refractivity contribution in [1.29, 1.82) is 0 Å². The van der Waals surface area contributed by atoms with Crippen molar-refractivity contribution < 1.29 is 19.3 Å². The molecule has 34 heavy (non-hydrogen) atoms. The molecule has 0 fully saturated rings. The van der Waals surface area contributed by atoms with Crippen molar-refractivity contribution in [2.75, 3.05) is 6.79 Å². The van der Waals surface area contributed by atoms with Crippen molar-refractivity contribution in [2.45, 2.75) is 6.54 Å². The van der Waals surface area contributed by atoms with Crippen LogP contribution in [-0.4, -0.2) is 21.2 Å². The third kappa shape index (κ3) is 4.11. The Morgan fingerprint density at radius 3 is 2.47 bits per heavy atom. The van der Waals surface area contributed by atoms with Crippen LogP contribution in [0, 0.1) is 20.2 Å². The number of nitro groups is 2. The lowest BCUT2D eigenvalue weighted by molar-refractivity contribution is -0.384. The minimum atomic E-state index is -0.466. The molecule has 4 aromatic rings. The van der Waals surface area contributed by atoms with Crippen molar-refractivity contribution in [3.63, 3.8) is 0 Å². The molecule has 170 valence electrons. The van der Waals surface area contributed by atoms with E-state index in [1.165, 1.54) is 29.5 Å². The molecule has 1 aromatic heterocycles. The van der Waals surface area contributed by atoms with E-state index in [1.54, 1.807) is 30.3 Å². The number of ether oxygens (including phenoxy) is 2. The highest BCUT2D eigenvalue weighted by molar-refractivity contribution is 7.07. The average molecular weight is 476 g/mol. The molecule has 0 radical (unpaired) electrons. The van der Waals surface area contributed by atoms with Crippen LogP contribution in [0.2, 0.25) is 0 Å². The first kappa shape index (κ1) is 21.3. The Bertz CT molecular complexity index is 1480. The molecule has 2 heterocycles. The molecular formula is C23H16N4O6S. The lowest BCUT2D eigenvalue weighted by Crippen LogP contribution is -2.16. The first-order chi connectivity index (χ1) is 16.5. The standard InChI is InChI=1S/C23H16N4O6S/c28-26(29)17-8-6-16(7-9-17)20-13-34-23(24-18-3-1-2-4-19(18)27(30)31)25(20)12-15-5-10-21-22(11-15)33-14-32-21/h1-11,13H,12,14H2. The van der Waals surface area contributed by atoms with Gasteiger partial charge in [0.1, 0.15) is 5.69 Å². The molecule has 0 bridgehead atoms. The van der Waals surface area contributed by atoms with Crippen LogP contribution >= 0.6 is 11.3 Å². The van der Waals surface area contributed by atoms with Crippen molar-refractivity contribution in [2.24, 2.45) is 4.99 Å². The summed E-state index contributed by atoms with van der Waals surface area (Å²) >= 11 is 1.33. The number of nitro benzene ring substituents is 2. The first-order valence-corrected chi connectivity index (χ1v) is 11.0. The summed E-state index contributed by atoms with van der Waals surface area (Å²) in [5, 5.41) is 24.4. The van der Waals surface area contributed by atoms with Gasteiger partial charge in [0.05, 0.1) is 22.1 Å². The number of nitrogens with zero attached hydrogens (tertiary/aromatic N) is 4. The van der Waals surface area contributed by atoms with Gasteiger partial charge in [0, 0.05) is 23.6 Å². The van der Waals surface area contributed by atoms with Gasteiger partial charge in [0.15, 0.2) is 16.3 Å². The van der Waals surface area contributed by atoms with Gasteiger partial charge in [-0.1, -0.05) is 18.2 Å². The second-order valence-corrected chi connectivity index (χ2v) is 8.18. The van der Waals surface area contributed by atoms with Gasteiger partial charge in [0.2, 0.25) is 6.79 Å². The fraction of sp³-hybridized carbons (Fsp3) is 0.0870. The van der Waals surface area contributed by atoms with Gasteiger partial charge in [-0.3, -0.25) is 20.2 Å². The molecule has 0 atom stereocenters. The van der Waals surface area contributed by atoms with Gasteiger partial charge in [0.25, 0.3) is 11.4 Å². The lowest BCUT2D eigenvalue weighted by atomic mass is 10.1. The Balaban J connectivity index is 1.64. The van der Waals surface area contributed by atoms with E-state index in [9.17, 15) is 20.2 Å². The van der Waals surface area contributed by atoms with E-state index in [1.807, 2.05) is 28.1 Å². The average Bonchev–Trinajstić information content (AvgIpc) is 3.46. The predicted octanol–water partition coefficient (Wildman–Crippen LogP) is 5.04. The maximum atomic E-state index is 11.5. The molecule has 0 unspecified atom stereocenters. The van der Waals surface area contributed by atoms with Crippen LogP contribution in [0.15, 0.2) is 77.1 Å². The molecule has 0 spiro atoms. The van der Waals surface area contributed by atoms with E-state index in [4.69, 9.17) is 9.47 Å². The highest BCUT2D eigenvalue weighted by Gasteiger charge is 2.17. The zero-order chi connectivity index (χ0) is 23.7. The highest BCUT2D eigenvalue weighted by Crippen LogP contribution is 2.33. The maximum Gasteiger partial charge on any atom is 0.294 e. The Hall–Kier alpha value is -4.51. The van der Waals surface area contributed by atoms with Gasteiger partial charge >= 0.3 is 0 Å². The highest BCUT2D eigenvalue weighted by atomic mass is 32.1. The van der Waals surface area contributed by atoms with Crippen molar-refractivity contribution in [3.05, 3.63) is 103 Å². The van der Waals surface area contributed by atoms with Gasteiger partial charge in [-0.25, -0.2) is 4.99 Å². The summed E-state index contributed by atoms with van der Waals surface area (Å²) in [7, 11) is 0. The quantitative estimate of drug-likeness (QED) is 0.284. The van der Waals surface area contributed by atoms with E-state index in [-0.39, 0.29) is 23.9 Å². The van der Waals surface area contributed by atoms with Crippen LogP contribution in [0.1, 0.15) is 5.56 Å². The molecule has 11 heteroatoms. The van der Waals surface area contributed by atoms with Crippen molar-refractivity contribution >= 4 is 28.4 Å². The van der Waals surface area contributed by atoms with Gasteiger partial charge in [-0.2, -0.15) is 0 Å². The number of non-ortho nitro benzene ring substituents is 1. The Morgan fingerprint density at radius 2 is 1.71 bits per heavy atom. The van der Waals surface area contributed by atoms with Crippen LogP contribution < -0.4 is 14.3 Å². The van der Waals surface area contributed by atoms with Crippen molar-refractivity contribution in [1.82, 2.24) is 4.57 Å². The zero-order valence-corrected chi connectivity index (χ0v) is 18.3. The first-order valence-electron chi connectivity index (χ1n) is 10.1. The summed E-state index contributed by atoms with van der Waals surface area (Å²) in [5.74, 6) is 1.31. The number of hydrogen-bond acceptors (Lipinski definition) is 8. The summed E-state index contributed by atoms with van der Waals surface area (Å²) in [6.07, 6.45) is 0. The van der Waals surface area contributed by atoms with E-state index >= 15 is 0 Å². The normalized spacial score (nSPS) is 12.6. The molecule has 0 amide bonds. The van der Waals surface area contributed by atoms with Gasteiger partial charge < -0.3 is 14.0 Å². The number of para-hydroxylation sites is 2. The molecule has 5 rings (SSSR count). The molecule has 0 aliphatic carbocycles. The molecule has 3 aromatic carbocycles. The summed E-state index contributed by atoms with van der Waals surface area (Å²) in [6, 6.07) is 18.1. The smallest absolute Gasteiger partial charge is 0.294 e. The number of rotatable bonds is 6. The van der Waals surface area contributed by atoms with E-state index in [0.717, 1.165) is 16.8 Å². The minimum Gasteiger partial charge on any atom is -0.454 e. The molecule has 0 saturated heterocycles. The van der Waals surface area contributed by atoms with E-state index in [2.05, 4.69) is 4.99 Å². The van der Waals surface area contributed by atoms with Crippen LogP contribution in [-0.2, 0) is 6.54 Å². The molecule has 1 aliphatic heterocycles. The third-order valence-electron chi connectivity index (χ3n) is 5.24. The topological polar surface area (TPSA) is 122 Å². The largest absolute Gasteiger partial charge is 0.454 e. The number of fused-ring (bicyclic) bond motifs is 1. The second kappa shape index (κ2) is 8.79. The van der Waals surface area contributed by atoms with Crippen LogP contribution in [0.5, 0.6) is 11.5 Å². The summed E-state index contributed by atoms with van der Waals surface area (Å²) < 4.78 is 12.8. The van der Waals surface area contributed by atoms with E-state index in [0.29, 0.717) is 22.8 Å². The number of thiazole rings is 1. The second-order valence-electron chi connectivity index (χ2n) is 7.34. The molecule has 0 saturated carbocycles. The van der Waals surface area contributed by atoms with E-state index < -0.39 is 9.85 Å². The number of benzene rings is 3. The van der Waals surface area contributed by atoms with Crippen molar-refractivity contribution in [3.8, 4) is 22.8 Å². The summed E-state index contributed by atoms with van der Waals surface area (Å²) in [4.78, 5) is 26.7.